The number of benzene rings is 1. The average molecular weight is 588 g/mol. The molecule has 4 rings (SSSR count). The largest absolute Gasteiger partial charge is 0.508 e. The van der Waals surface area contributed by atoms with Crippen LogP contribution in [0, 0.1) is 11.8 Å². The quantitative estimate of drug-likeness (QED) is 0.124. The van der Waals surface area contributed by atoms with Gasteiger partial charge in [-0.05, 0) is 38.1 Å². The maximum atomic E-state index is 14.0. The lowest BCUT2D eigenvalue weighted by Crippen LogP contribution is -2.70. The highest BCUT2D eigenvalue weighted by Gasteiger charge is 2.68. The van der Waals surface area contributed by atoms with Crippen molar-refractivity contribution in [1.82, 2.24) is 4.90 Å². The number of nitrogens with zero attached hydrogens (tertiary/aromatic N) is 1. The number of likely N-dealkylation sites (N-methyl/N-ethyl adjacent to an activating group) is 1. The fraction of sp³-hybridized carbons (Fsp3) is 0.444. The molecule has 0 bridgehead atoms. The van der Waals surface area contributed by atoms with Crippen molar-refractivity contribution in [3.63, 3.8) is 0 Å². The number of Topliss-reactive ketones (excluding diaryl/α,β-unsaturated/α-hetero) is 2. The molecule has 3 aliphatic rings. The molecule has 3 aliphatic carbocycles. The molecule has 0 saturated heterocycles. The van der Waals surface area contributed by atoms with Gasteiger partial charge in [0.1, 0.15) is 22.8 Å². The summed E-state index contributed by atoms with van der Waals surface area (Å²) in [6, 6.07) is 0.120. The molecular formula is C27H33N5O10. The molecule has 3 amide bonds. The molecule has 1 fully saturated rings. The van der Waals surface area contributed by atoms with Crippen LogP contribution in [0.15, 0.2) is 29.0 Å². The third-order valence-corrected chi connectivity index (χ3v) is 8.43. The maximum Gasteiger partial charge on any atom is 0.255 e. The van der Waals surface area contributed by atoms with E-state index >= 15 is 0 Å². The first-order chi connectivity index (χ1) is 19.5. The molecule has 15 nitrogen and oxygen atoms in total. The van der Waals surface area contributed by atoms with Gasteiger partial charge in [-0.15, -0.1) is 0 Å². The number of phenols is 1. The third-order valence-electron chi connectivity index (χ3n) is 8.43. The molecule has 1 aromatic rings. The second-order valence-corrected chi connectivity index (χ2v) is 11.1. The van der Waals surface area contributed by atoms with Gasteiger partial charge in [-0.25, -0.2) is 0 Å². The minimum Gasteiger partial charge on any atom is -0.508 e. The Morgan fingerprint density at radius 3 is 2.29 bits per heavy atom. The number of aliphatic hydroxyl groups is 4. The second-order valence-electron chi connectivity index (χ2n) is 11.1. The number of ketones is 2. The van der Waals surface area contributed by atoms with E-state index in [1.54, 1.807) is 6.92 Å². The number of anilines is 1. The van der Waals surface area contributed by atoms with Gasteiger partial charge in [0, 0.05) is 17.9 Å². The Balaban J connectivity index is 1.87. The zero-order valence-electron chi connectivity index (χ0n) is 23.0. The standard InChI is InChI=1S/C27H33N5O10/c1-8-9-4-6-11(31-26(41)10(28)5-7-12(29)33)19(34)14(9)20(35)15-13(8)21(36)17-18(32(2)3)22(37)16(25(30)40)24(39)27(17,42)23(15)38/h4,6,8,10,13,17-18,21,34-36,39,42H,5,7,28H2,1-3H3,(H2,29,33)(H2,30,40)(H,31,41)/t8-,10-,13?,17?,18-,21-,27-/m0/s1. The number of carbonyl (C=O) groups excluding carboxylic acids is 5. The number of nitrogens with one attached hydrogen (secondary N) is 1. The van der Waals surface area contributed by atoms with E-state index in [4.69, 9.17) is 17.2 Å². The predicted octanol–water partition coefficient (Wildman–Crippen LogP) is -1.97. The molecule has 12 N–H and O–H groups in total. The van der Waals surface area contributed by atoms with Gasteiger partial charge in [0.15, 0.2) is 11.4 Å². The Kier molecular flexibility index (Phi) is 7.67. The summed E-state index contributed by atoms with van der Waals surface area (Å²) in [4.78, 5) is 64.2. The number of phenolic OH excluding ortho intramolecular Hbond substituents is 1. The first-order valence-corrected chi connectivity index (χ1v) is 13.0. The van der Waals surface area contributed by atoms with Gasteiger partial charge in [-0.1, -0.05) is 13.0 Å². The number of nitrogens with two attached hydrogens (primary N) is 3. The normalized spacial score (nSPS) is 29.5. The molecular weight excluding hydrogens is 554 g/mol. The van der Waals surface area contributed by atoms with Crippen LogP contribution < -0.4 is 22.5 Å². The molecule has 0 aromatic heterocycles. The minimum absolute atomic E-state index is 0.0756. The lowest BCUT2D eigenvalue weighted by molar-refractivity contribution is -0.169. The maximum absolute atomic E-state index is 14.0. The summed E-state index contributed by atoms with van der Waals surface area (Å²) in [5.41, 5.74) is 11.3. The van der Waals surface area contributed by atoms with Gasteiger partial charge in [0.25, 0.3) is 5.91 Å². The van der Waals surface area contributed by atoms with Gasteiger partial charge >= 0.3 is 0 Å². The fourth-order valence-corrected chi connectivity index (χ4v) is 6.37. The number of aromatic hydroxyl groups is 1. The molecule has 1 aromatic carbocycles. The Labute approximate surface area is 239 Å². The third kappa shape index (κ3) is 4.32. The summed E-state index contributed by atoms with van der Waals surface area (Å²) < 4.78 is 0. The van der Waals surface area contributed by atoms with E-state index in [-0.39, 0.29) is 29.7 Å². The van der Waals surface area contributed by atoms with Crippen molar-refractivity contribution in [2.24, 2.45) is 29.0 Å². The fourth-order valence-electron chi connectivity index (χ4n) is 6.37. The number of rotatable bonds is 7. The van der Waals surface area contributed by atoms with Gasteiger partial charge in [0.05, 0.1) is 35.4 Å². The van der Waals surface area contributed by atoms with Crippen molar-refractivity contribution in [3.05, 3.63) is 40.2 Å². The number of amides is 3. The molecule has 15 heteroatoms. The summed E-state index contributed by atoms with van der Waals surface area (Å²) in [6.45, 7) is 1.58. The van der Waals surface area contributed by atoms with E-state index in [1.165, 1.54) is 31.1 Å². The number of fused-ring (bicyclic) bond motifs is 3. The van der Waals surface area contributed by atoms with Crippen LogP contribution in [0.4, 0.5) is 5.69 Å². The molecule has 0 spiro atoms. The summed E-state index contributed by atoms with van der Waals surface area (Å²) in [5.74, 6) is -11.8. The van der Waals surface area contributed by atoms with E-state index in [1.807, 2.05) is 0 Å². The van der Waals surface area contributed by atoms with Crippen LogP contribution in [0.5, 0.6) is 5.75 Å². The molecule has 226 valence electrons. The zero-order valence-corrected chi connectivity index (χ0v) is 23.0. The highest BCUT2D eigenvalue weighted by molar-refractivity contribution is 6.24. The SMILES string of the molecule is C[C@H]1c2ccc(NC(=O)[C@@H](N)CCC(N)=O)c(O)c2C(O)=C2C(=O)[C@]3(O)C(O)=C(C(N)=O)C(=O)[C@@H](N(C)C)C3[C@@H](O)C21. The summed E-state index contributed by atoms with van der Waals surface area (Å²) in [6.07, 6.45) is -1.97. The number of hydrogen-bond donors (Lipinski definition) is 9. The molecule has 0 aliphatic heterocycles. The molecule has 1 saturated carbocycles. The van der Waals surface area contributed by atoms with E-state index < -0.39 is 99.2 Å². The van der Waals surface area contributed by atoms with Crippen LogP contribution in [0.3, 0.4) is 0 Å². The van der Waals surface area contributed by atoms with E-state index in [9.17, 15) is 49.5 Å². The second kappa shape index (κ2) is 10.5. The Morgan fingerprint density at radius 2 is 1.74 bits per heavy atom. The van der Waals surface area contributed by atoms with Crippen LogP contribution in [0.1, 0.15) is 36.8 Å². The van der Waals surface area contributed by atoms with Crippen molar-refractivity contribution in [2.45, 2.75) is 49.5 Å². The van der Waals surface area contributed by atoms with Gasteiger partial charge in [0.2, 0.25) is 17.6 Å². The Hall–Kier alpha value is -4.31. The first-order valence-electron chi connectivity index (χ1n) is 13.0. The summed E-state index contributed by atoms with van der Waals surface area (Å²) >= 11 is 0. The van der Waals surface area contributed by atoms with Crippen LogP contribution in [-0.4, -0.2) is 97.6 Å². The van der Waals surface area contributed by atoms with Crippen molar-refractivity contribution in [2.75, 3.05) is 19.4 Å². The lowest BCUT2D eigenvalue weighted by Gasteiger charge is -2.53. The summed E-state index contributed by atoms with van der Waals surface area (Å²) in [5, 5.41) is 59.1. The highest BCUT2D eigenvalue weighted by Crippen LogP contribution is 2.56. The van der Waals surface area contributed by atoms with Crippen molar-refractivity contribution >= 4 is 40.7 Å². The van der Waals surface area contributed by atoms with Crippen LogP contribution in [-0.2, 0) is 24.0 Å². The Morgan fingerprint density at radius 1 is 1.12 bits per heavy atom. The highest BCUT2D eigenvalue weighted by atomic mass is 16.4. The topological polar surface area (TPSA) is 280 Å². The van der Waals surface area contributed by atoms with Crippen molar-refractivity contribution < 1.29 is 49.5 Å². The molecule has 0 radical (unpaired) electrons. The molecule has 0 heterocycles. The van der Waals surface area contributed by atoms with Crippen molar-refractivity contribution in [3.8, 4) is 5.75 Å². The smallest absolute Gasteiger partial charge is 0.255 e. The van der Waals surface area contributed by atoms with Crippen LogP contribution in [0.25, 0.3) is 5.76 Å². The van der Waals surface area contributed by atoms with Crippen molar-refractivity contribution in [1.29, 1.82) is 0 Å². The van der Waals surface area contributed by atoms with Gasteiger partial charge in [-0.3, -0.25) is 28.9 Å². The average Bonchev–Trinajstić information content (AvgIpc) is 2.90. The number of aliphatic hydroxyl groups excluding tert-OH is 3. The number of hydrogen-bond acceptors (Lipinski definition) is 12. The van der Waals surface area contributed by atoms with Crippen LogP contribution in [0.2, 0.25) is 0 Å². The first kappa shape index (κ1) is 30.6. The molecule has 2 unspecified atom stereocenters. The zero-order chi connectivity index (χ0) is 31.6. The lowest BCUT2D eigenvalue weighted by atomic mass is 9.54. The minimum atomic E-state index is -3.04. The van der Waals surface area contributed by atoms with E-state index in [2.05, 4.69) is 5.32 Å². The number of carbonyl (C=O) groups is 5. The van der Waals surface area contributed by atoms with Gasteiger partial charge in [-0.2, -0.15) is 0 Å². The predicted molar refractivity (Wildman–Crippen MR) is 145 cm³/mol. The summed E-state index contributed by atoms with van der Waals surface area (Å²) in [7, 11) is 2.83. The van der Waals surface area contributed by atoms with E-state index in [0.717, 1.165) is 0 Å². The number of primary amides is 2. The van der Waals surface area contributed by atoms with E-state index in [0.29, 0.717) is 0 Å². The Bertz CT molecular complexity index is 1480. The molecule has 7 atom stereocenters. The van der Waals surface area contributed by atoms with Gasteiger partial charge < -0.3 is 48.1 Å². The molecule has 42 heavy (non-hydrogen) atoms. The monoisotopic (exact) mass is 587 g/mol. The van der Waals surface area contributed by atoms with Crippen LogP contribution >= 0.6 is 0 Å².